The van der Waals surface area contributed by atoms with E-state index in [9.17, 15) is 9.90 Å². The largest absolute Gasteiger partial charge is 0.464 e. The molecule has 0 saturated heterocycles. The van der Waals surface area contributed by atoms with E-state index in [0.29, 0.717) is 10.6 Å². The number of carbonyl (C=O) groups excluding carboxylic acids is 1. The van der Waals surface area contributed by atoms with Crippen LogP contribution in [0.1, 0.15) is 18.6 Å². The average molecular weight is 261 g/mol. The van der Waals surface area contributed by atoms with Gasteiger partial charge in [-0.3, -0.25) is 0 Å². The van der Waals surface area contributed by atoms with Crippen LogP contribution in [-0.2, 0) is 9.53 Å². The number of aliphatic hydroxyl groups excluding tert-OH is 1. The number of thioether (sulfide) groups is 1. The Morgan fingerprint density at radius 1 is 1.62 bits per heavy atom. The number of hydrogen-bond acceptors (Lipinski definition) is 4. The first-order valence-electron chi connectivity index (χ1n) is 4.78. The minimum absolute atomic E-state index is 0.243. The molecule has 0 bridgehead atoms. The van der Waals surface area contributed by atoms with Crippen LogP contribution in [0.5, 0.6) is 0 Å². The van der Waals surface area contributed by atoms with E-state index in [1.165, 1.54) is 11.8 Å². The van der Waals surface area contributed by atoms with Gasteiger partial charge in [0.15, 0.2) is 6.10 Å². The Hall–Kier alpha value is -0.710. The molecule has 0 aliphatic carbocycles. The molecular weight excluding hydrogens is 248 g/mol. The van der Waals surface area contributed by atoms with Gasteiger partial charge < -0.3 is 9.84 Å². The second kappa shape index (κ2) is 6.13. The van der Waals surface area contributed by atoms with Crippen LogP contribution in [0.25, 0.3) is 0 Å². The predicted octanol–water partition coefficient (Wildman–Crippen LogP) is 2.66. The molecule has 0 aliphatic heterocycles. The Balaban J connectivity index is 2.88. The summed E-state index contributed by atoms with van der Waals surface area (Å²) in [5.41, 5.74) is 0.446. The third-order valence-electron chi connectivity index (χ3n) is 2.00. The van der Waals surface area contributed by atoms with Crippen molar-refractivity contribution in [2.45, 2.75) is 17.9 Å². The highest BCUT2D eigenvalue weighted by atomic mass is 35.5. The number of esters is 1. The summed E-state index contributed by atoms with van der Waals surface area (Å²) in [4.78, 5) is 12.2. The molecule has 1 aromatic carbocycles. The third kappa shape index (κ3) is 3.14. The van der Waals surface area contributed by atoms with Crippen LogP contribution in [0.15, 0.2) is 23.1 Å². The molecule has 0 aromatic heterocycles. The molecule has 0 saturated carbocycles. The van der Waals surface area contributed by atoms with Crippen molar-refractivity contribution in [1.29, 1.82) is 0 Å². The predicted molar refractivity (Wildman–Crippen MR) is 64.8 cm³/mol. The number of rotatable bonds is 4. The molecule has 0 aliphatic rings. The smallest absolute Gasteiger partial charge is 0.339 e. The van der Waals surface area contributed by atoms with E-state index >= 15 is 0 Å². The van der Waals surface area contributed by atoms with Crippen molar-refractivity contribution < 1.29 is 14.6 Å². The van der Waals surface area contributed by atoms with Gasteiger partial charge in [0.2, 0.25) is 0 Å². The van der Waals surface area contributed by atoms with Crippen LogP contribution in [0.3, 0.4) is 0 Å². The topological polar surface area (TPSA) is 46.5 Å². The van der Waals surface area contributed by atoms with Gasteiger partial charge in [-0.25, -0.2) is 4.79 Å². The maximum absolute atomic E-state index is 11.3. The first-order chi connectivity index (χ1) is 7.60. The van der Waals surface area contributed by atoms with Gasteiger partial charge in [-0.15, -0.1) is 11.8 Å². The normalized spacial score (nSPS) is 12.2. The van der Waals surface area contributed by atoms with Crippen molar-refractivity contribution in [2.24, 2.45) is 0 Å². The Morgan fingerprint density at radius 2 is 2.31 bits per heavy atom. The minimum atomic E-state index is -1.27. The summed E-state index contributed by atoms with van der Waals surface area (Å²) in [5.74, 6) is -0.657. The fraction of sp³-hybridized carbons (Fsp3) is 0.364. The van der Waals surface area contributed by atoms with Gasteiger partial charge in [-0.05, 0) is 30.9 Å². The second-order valence-corrected chi connectivity index (χ2v) is 4.30. The lowest BCUT2D eigenvalue weighted by atomic mass is 10.1. The number of hydrogen-bond donors (Lipinski definition) is 1. The lowest BCUT2D eigenvalue weighted by Crippen LogP contribution is -2.15. The second-order valence-electron chi connectivity index (χ2n) is 3.05. The van der Waals surface area contributed by atoms with Gasteiger partial charge in [-0.2, -0.15) is 0 Å². The van der Waals surface area contributed by atoms with Crippen LogP contribution < -0.4 is 0 Å². The van der Waals surface area contributed by atoms with Crippen LogP contribution in [0.4, 0.5) is 0 Å². The van der Waals surface area contributed by atoms with Crippen molar-refractivity contribution in [2.75, 3.05) is 12.9 Å². The van der Waals surface area contributed by atoms with E-state index in [4.69, 9.17) is 16.3 Å². The molecule has 3 nitrogen and oxygen atoms in total. The van der Waals surface area contributed by atoms with E-state index in [1.54, 1.807) is 25.1 Å². The standard InChI is InChI=1S/C11H13ClO3S/c1-3-15-11(14)10(13)7-4-5-9(16-2)8(12)6-7/h4-6,10,13H,3H2,1-2H3. The fourth-order valence-corrected chi connectivity index (χ4v) is 2.09. The zero-order valence-electron chi connectivity index (χ0n) is 9.07. The molecule has 0 amide bonds. The maximum Gasteiger partial charge on any atom is 0.339 e. The van der Waals surface area contributed by atoms with Crippen molar-refractivity contribution in [3.8, 4) is 0 Å². The van der Waals surface area contributed by atoms with Gasteiger partial charge in [0.05, 0.1) is 11.6 Å². The van der Waals surface area contributed by atoms with E-state index in [0.717, 1.165) is 4.90 Å². The quantitative estimate of drug-likeness (QED) is 0.668. The molecule has 0 spiro atoms. The highest BCUT2D eigenvalue weighted by Crippen LogP contribution is 2.28. The molecule has 0 radical (unpaired) electrons. The summed E-state index contributed by atoms with van der Waals surface area (Å²) >= 11 is 7.48. The molecule has 0 heterocycles. The highest BCUT2D eigenvalue weighted by Gasteiger charge is 2.19. The maximum atomic E-state index is 11.3. The molecule has 1 unspecified atom stereocenters. The Kier molecular flexibility index (Phi) is 5.12. The number of halogens is 1. The van der Waals surface area contributed by atoms with Crippen LogP contribution in [0, 0.1) is 0 Å². The molecule has 88 valence electrons. The molecule has 0 fully saturated rings. The van der Waals surface area contributed by atoms with Crippen molar-refractivity contribution in [3.63, 3.8) is 0 Å². The Labute approximate surface area is 104 Å². The molecule has 1 aromatic rings. The monoisotopic (exact) mass is 260 g/mol. The number of ether oxygens (including phenoxy) is 1. The minimum Gasteiger partial charge on any atom is -0.464 e. The van der Waals surface area contributed by atoms with Gasteiger partial charge in [0.1, 0.15) is 0 Å². The molecule has 1 N–H and O–H groups in total. The van der Waals surface area contributed by atoms with E-state index in [2.05, 4.69) is 0 Å². The zero-order valence-corrected chi connectivity index (χ0v) is 10.6. The van der Waals surface area contributed by atoms with Gasteiger partial charge in [0.25, 0.3) is 0 Å². The molecule has 16 heavy (non-hydrogen) atoms. The van der Waals surface area contributed by atoms with E-state index in [1.807, 2.05) is 6.26 Å². The van der Waals surface area contributed by atoms with Crippen LogP contribution in [0.2, 0.25) is 5.02 Å². The summed E-state index contributed by atoms with van der Waals surface area (Å²) in [6.07, 6.45) is 0.635. The molecule has 5 heteroatoms. The first kappa shape index (κ1) is 13.4. The molecule has 1 atom stereocenters. The van der Waals surface area contributed by atoms with Crippen LogP contribution in [-0.4, -0.2) is 23.9 Å². The number of carbonyl (C=O) groups is 1. The summed E-state index contributed by atoms with van der Waals surface area (Å²) < 4.78 is 4.72. The zero-order chi connectivity index (χ0) is 12.1. The third-order valence-corrected chi connectivity index (χ3v) is 3.22. The lowest BCUT2D eigenvalue weighted by molar-refractivity contribution is -0.153. The lowest BCUT2D eigenvalue weighted by Gasteiger charge is -2.11. The number of aliphatic hydroxyl groups is 1. The fourth-order valence-electron chi connectivity index (χ4n) is 1.21. The summed E-state index contributed by atoms with van der Waals surface area (Å²) in [7, 11) is 0. The first-order valence-corrected chi connectivity index (χ1v) is 6.38. The van der Waals surface area contributed by atoms with Gasteiger partial charge >= 0.3 is 5.97 Å². The summed E-state index contributed by atoms with van der Waals surface area (Å²) in [6.45, 7) is 1.93. The summed E-state index contributed by atoms with van der Waals surface area (Å²) in [6, 6.07) is 5.01. The van der Waals surface area contributed by atoms with Gasteiger partial charge in [0, 0.05) is 4.90 Å². The molecular formula is C11H13ClO3S. The van der Waals surface area contributed by atoms with Crippen molar-refractivity contribution in [1.82, 2.24) is 0 Å². The Morgan fingerprint density at radius 3 is 2.81 bits per heavy atom. The Bertz CT molecular complexity index is 381. The number of benzene rings is 1. The highest BCUT2D eigenvalue weighted by molar-refractivity contribution is 7.98. The van der Waals surface area contributed by atoms with E-state index < -0.39 is 12.1 Å². The van der Waals surface area contributed by atoms with Crippen molar-refractivity contribution in [3.05, 3.63) is 28.8 Å². The SMILES string of the molecule is CCOC(=O)C(O)c1ccc(SC)c(Cl)c1. The van der Waals surface area contributed by atoms with E-state index in [-0.39, 0.29) is 6.61 Å². The van der Waals surface area contributed by atoms with Crippen LogP contribution >= 0.6 is 23.4 Å². The summed E-state index contributed by atoms with van der Waals surface area (Å²) in [5, 5.41) is 10.2. The average Bonchev–Trinajstić information content (AvgIpc) is 2.28. The van der Waals surface area contributed by atoms with Crippen molar-refractivity contribution >= 4 is 29.3 Å². The molecule has 1 rings (SSSR count). The van der Waals surface area contributed by atoms with Gasteiger partial charge in [-0.1, -0.05) is 17.7 Å².